The molecule has 0 aromatic heterocycles. The van der Waals surface area contributed by atoms with Gasteiger partial charge in [-0.25, -0.2) is 0 Å². The van der Waals surface area contributed by atoms with E-state index in [1.807, 2.05) is 19.1 Å². The van der Waals surface area contributed by atoms with Crippen LogP contribution in [0.1, 0.15) is 19.4 Å². The lowest BCUT2D eigenvalue weighted by Gasteiger charge is -2.24. The monoisotopic (exact) mass is 275 g/mol. The third-order valence-corrected chi connectivity index (χ3v) is 3.40. The van der Waals surface area contributed by atoms with Crippen LogP contribution in [0.3, 0.4) is 0 Å². The SMILES string of the molecule is CCN(Cc1cc2c(cc1N)OCCO2)CC(C)C#N. The molecule has 5 nitrogen and oxygen atoms in total. The Morgan fingerprint density at radius 3 is 2.60 bits per heavy atom. The maximum atomic E-state index is 8.92. The second kappa shape index (κ2) is 6.49. The van der Waals surface area contributed by atoms with Gasteiger partial charge in [-0.1, -0.05) is 6.92 Å². The van der Waals surface area contributed by atoms with Crippen molar-refractivity contribution in [3.8, 4) is 17.6 Å². The van der Waals surface area contributed by atoms with E-state index in [-0.39, 0.29) is 5.92 Å². The van der Waals surface area contributed by atoms with Gasteiger partial charge in [0.05, 0.1) is 12.0 Å². The van der Waals surface area contributed by atoms with Crippen molar-refractivity contribution < 1.29 is 9.47 Å². The second-order valence-corrected chi connectivity index (χ2v) is 5.05. The average Bonchev–Trinajstić information content (AvgIpc) is 2.46. The lowest BCUT2D eigenvalue weighted by Crippen LogP contribution is -2.28. The van der Waals surface area contributed by atoms with Gasteiger partial charge in [-0.2, -0.15) is 5.26 Å². The molecule has 1 atom stereocenters. The van der Waals surface area contributed by atoms with Gasteiger partial charge in [0, 0.05) is 24.8 Å². The van der Waals surface area contributed by atoms with E-state index in [0.717, 1.165) is 24.4 Å². The molecule has 0 spiro atoms. The van der Waals surface area contributed by atoms with Crippen LogP contribution >= 0.6 is 0 Å². The smallest absolute Gasteiger partial charge is 0.163 e. The van der Waals surface area contributed by atoms with Crippen molar-refractivity contribution in [3.63, 3.8) is 0 Å². The molecule has 0 fully saturated rings. The van der Waals surface area contributed by atoms with Crippen molar-refractivity contribution in [2.45, 2.75) is 20.4 Å². The Labute approximate surface area is 119 Å². The van der Waals surface area contributed by atoms with Gasteiger partial charge >= 0.3 is 0 Å². The highest BCUT2D eigenvalue weighted by atomic mass is 16.6. The van der Waals surface area contributed by atoms with E-state index in [9.17, 15) is 0 Å². The molecule has 1 aliphatic heterocycles. The number of nitrogen functional groups attached to an aromatic ring is 1. The standard InChI is InChI=1S/C15H21N3O2/c1-3-18(9-11(2)8-16)10-12-6-14-15(7-13(12)17)20-5-4-19-14/h6-7,11H,3-5,9-10,17H2,1-2H3. The zero-order chi connectivity index (χ0) is 14.5. The predicted octanol–water partition coefficient (Wildman–Crippen LogP) is 2.02. The van der Waals surface area contributed by atoms with Crippen molar-refractivity contribution in [2.75, 3.05) is 32.0 Å². The van der Waals surface area contributed by atoms with Gasteiger partial charge < -0.3 is 15.2 Å². The predicted molar refractivity (Wildman–Crippen MR) is 77.6 cm³/mol. The van der Waals surface area contributed by atoms with Crippen molar-refractivity contribution in [2.24, 2.45) is 5.92 Å². The molecule has 0 amide bonds. The molecule has 0 bridgehead atoms. The van der Waals surface area contributed by atoms with E-state index in [4.69, 9.17) is 20.5 Å². The number of benzene rings is 1. The molecule has 0 radical (unpaired) electrons. The quantitative estimate of drug-likeness (QED) is 0.832. The molecule has 1 aliphatic rings. The summed E-state index contributed by atoms with van der Waals surface area (Å²) in [5.41, 5.74) is 7.80. The van der Waals surface area contributed by atoms with E-state index in [0.29, 0.717) is 31.2 Å². The molecule has 5 heteroatoms. The average molecular weight is 275 g/mol. The maximum Gasteiger partial charge on any atom is 0.163 e. The number of hydrogen-bond acceptors (Lipinski definition) is 5. The van der Waals surface area contributed by atoms with Crippen LogP contribution in [-0.4, -0.2) is 31.2 Å². The topological polar surface area (TPSA) is 71.5 Å². The minimum atomic E-state index is 0.00776. The first-order valence-corrected chi connectivity index (χ1v) is 6.94. The summed E-state index contributed by atoms with van der Waals surface area (Å²) in [5, 5.41) is 8.92. The van der Waals surface area contributed by atoms with E-state index in [2.05, 4.69) is 17.9 Å². The molecule has 0 aliphatic carbocycles. The molecule has 1 unspecified atom stereocenters. The third-order valence-electron chi connectivity index (χ3n) is 3.40. The lowest BCUT2D eigenvalue weighted by atomic mass is 10.1. The van der Waals surface area contributed by atoms with Crippen molar-refractivity contribution in [3.05, 3.63) is 17.7 Å². The molecule has 0 saturated carbocycles. The minimum Gasteiger partial charge on any atom is -0.486 e. The van der Waals surface area contributed by atoms with E-state index >= 15 is 0 Å². The Morgan fingerprint density at radius 1 is 1.35 bits per heavy atom. The van der Waals surface area contributed by atoms with Crippen LogP contribution in [0.2, 0.25) is 0 Å². The first kappa shape index (κ1) is 14.5. The van der Waals surface area contributed by atoms with Crippen LogP contribution in [-0.2, 0) is 6.54 Å². The van der Waals surface area contributed by atoms with Gasteiger partial charge in [0.2, 0.25) is 0 Å². The van der Waals surface area contributed by atoms with Gasteiger partial charge in [-0.05, 0) is 25.1 Å². The Kier molecular flexibility index (Phi) is 4.70. The molecule has 20 heavy (non-hydrogen) atoms. The van der Waals surface area contributed by atoms with Gasteiger partial charge in [-0.15, -0.1) is 0 Å². The van der Waals surface area contributed by atoms with Crippen LogP contribution in [0, 0.1) is 17.2 Å². The molecule has 1 aromatic carbocycles. The summed E-state index contributed by atoms with van der Waals surface area (Å²) in [4.78, 5) is 2.20. The van der Waals surface area contributed by atoms with Gasteiger partial charge in [-0.3, -0.25) is 4.90 Å². The number of fused-ring (bicyclic) bond motifs is 1. The van der Waals surface area contributed by atoms with Crippen LogP contribution in [0.25, 0.3) is 0 Å². The van der Waals surface area contributed by atoms with Gasteiger partial charge in [0.25, 0.3) is 0 Å². The summed E-state index contributed by atoms with van der Waals surface area (Å²) in [6.45, 7) is 7.46. The molecule has 108 valence electrons. The summed E-state index contributed by atoms with van der Waals surface area (Å²) in [6, 6.07) is 6.04. The van der Waals surface area contributed by atoms with Crippen LogP contribution in [0.4, 0.5) is 5.69 Å². The number of nitrogens with zero attached hydrogens (tertiary/aromatic N) is 2. The van der Waals surface area contributed by atoms with Crippen LogP contribution in [0.15, 0.2) is 12.1 Å². The highest BCUT2D eigenvalue weighted by Crippen LogP contribution is 2.34. The summed E-state index contributed by atoms with van der Waals surface area (Å²) in [5.74, 6) is 1.48. The normalized spacial score (nSPS) is 14.9. The van der Waals surface area contributed by atoms with Gasteiger partial charge in [0.15, 0.2) is 11.5 Å². The zero-order valence-corrected chi connectivity index (χ0v) is 12.1. The zero-order valence-electron chi connectivity index (χ0n) is 12.1. The number of rotatable bonds is 5. The minimum absolute atomic E-state index is 0.00776. The fraction of sp³-hybridized carbons (Fsp3) is 0.533. The third kappa shape index (κ3) is 3.34. The molecule has 1 heterocycles. The Balaban J connectivity index is 2.13. The van der Waals surface area contributed by atoms with Crippen LogP contribution < -0.4 is 15.2 Å². The number of nitriles is 1. The number of hydrogen-bond donors (Lipinski definition) is 1. The summed E-state index contributed by atoms with van der Waals surface area (Å²) in [7, 11) is 0. The molecular formula is C15H21N3O2. The molecule has 1 aromatic rings. The molecule has 0 saturated heterocycles. The highest BCUT2D eigenvalue weighted by Gasteiger charge is 2.16. The van der Waals surface area contributed by atoms with E-state index < -0.39 is 0 Å². The molecule has 2 N–H and O–H groups in total. The van der Waals surface area contributed by atoms with Crippen molar-refractivity contribution in [1.29, 1.82) is 5.26 Å². The fourth-order valence-electron chi connectivity index (χ4n) is 2.26. The number of anilines is 1. The summed E-state index contributed by atoms with van der Waals surface area (Å²) in [6.07, 6.45) is 0. The fourth-order valence-corrected chi connectivity index (χ4v) is 2.26. The molecular weight excluding hydrogens is 254 g/mol. The summed E-state index contributed by atoms with van der Waals surface area (Å²) < 4.78 is 11.1. The maximum absolute atomic E-state index is 8.92. The van der Waals surface area contributed by atoms with Crippen molar-refractivity contribution in [1.82, 2.24) is 4.90 Å². The highest BCUT2D eigenvalue weighted by molar-refractivity contribution is 5.58. The second-order valence-electron chi connectivity index (χ2n) is 5.05. The van der Waals surface area contributed by atoms with Crippen LogP contribution in [0.5, 0.6) is 11.5 Å². The first-order chi connectivity index (χ1) is 9.63. The summed E-state index contributed by atoms with van der Waals surface area (Å²) >= 11 is 0. The lowest BCUT2D eigenvalue weighted by molar-refractivity contribution is 0.171. The van der Waals surface area contributed by atoms with E-state index in [1.54, 1.807) is 0 Å². The number of nitrogens with two attached hydrogens (primary N) is 1. The molecule has 2 rings (SSSR count). The Morgan fingerprint density at radius 2 is 2.00 bits per heavy atom. The van der Waals surface area contributed by atoms with Gasteiger partial charge in [0.1, 0.15) is 13.2 Å². The Bertz CT molecular complexity index is 511. The van der Waals surface area contributed by atoms with Crippen molar-refractivity contribution >= 4 is 5.69 Å². The largest absolute Gasteiger partial charge is 0.486 e. The first-order valence-electron chi connectivity index (χ1n) is 6.94. The number of ether oxygens (including phenoxy) is 2. The Hall–Kier alpha value is -1.93. The van der Waals surface area contributed by atoms with E-state index in [1.165, 1.54) is 0 Å².